The Morgan fingerprint density at radius 1 is 1.35 bits per heavy atom. The first-order valence-electron chi connectivity index (χ1n) is 8.14. The third kappa shape index (κ3) is 3.90. The fraction of sp³-hybridized carbons (Fsp3) is 0.278. The van der Waals surface area contributed by atoms with Gasteiger partial charge in [-0.3, -0.25) is 14.6 Å². The monoisotopic (exact) mass is 357 g/mol. The molecule has 2 aromatic heterocycles. The second-order valence-electron chi connectivity index (χ2n) is 6.00. The van der Waals surface area contributed by atoms with Gasteiger partial charge in [-0.05, 0) is 37.3 Å². The summed E-state index contributed by atoms with van der Waals surface area (Å²) in [5.74, 6) is 0.0553. The number of aryl methyl sites for hydroxylation is 2. The maximum absolute atomic E-state index is 12.9. The molecule has 0 spiro atoms. The van der Waals surface area contributed by atoms with Crippen molar-refractivity contribution in [3.8, 4) is 17.0 Å². The molecule has 0 fully saturated rings. The number of nitrogens with zero attached hydrogens (tertiary/aromatic N) is 4. The van der Waals surface area contributed by atoms with Crippen LogP contribution in [-0.4, -0.2) is 51.0 Å². The van der Waals surface area contributed by atoms with E-state index in [0.29, 0.717) is 30.3 Å². The summed E-state index contributed by atoms with van der Waals surface area (Å²) in [7, 11) is 3.52. The van der Waals surface area contributed by atoms with E-state index in [1.807, 2.05) is 20.2 Å². The van der Waals surface area contributed by atoms with Crippen LogP contribution in [0.1, 0.15) is 16.2 Å². The van der Waals surface area contributed by atoms with E-state index in [1.165, 1.54) is 17.0 Å². The summed E-state index contributed by atoms with van der Waals surface area (Å²) in [6.45, 7) is 2.58. The smallest absolute Gasteiger partial charge is 0.271 e. The molecule has 7 nitrogen and oxygen atoms in total. The van der Waals surface area contributed by atoms with Crippen molar-refractivity contribution in [2.75, 3.05) is 20.2 Å². The summed E-state index contributed by atoms with van der Waals surface area (Å²) in [5.41, 5.74) is 2.80. The lowest BCUT2D eigenvalue weighted by Crippen LogP contribution is -2.31. The van der Waals surface area contributed by atoms with Gasteiger partial charge in [-0.1, -0.05) is 0 Å². The average molecular weight is 357 g/mol. The number of ether oxygens (including phenoxy) is 1. The first kappa shape index (κ1) is 17.7. The highest BCUT2D eigenvalue weighted by atomic mass is 19.1. The molecule has 0 aliphatic heterocycles. The highest BCUT2D eigenvalue weighted by molar-refractivity contribution is 5.93. The van der Waals surface area contributed by atoms with Crippen molar-refractivity contribution in [1.82, 2.24) is 24.9 Å². The van der Waals surface area contributed by atoms with E-state index in [2.05, 4.69) is 15.3 Å². The van der Waals surface area contributed by atoms with Gasteiger partial charge in [-0.25, -0.2) is 4.39 Å². The molecule has 1 aromatic carbocycles. The van der Waals surface area contributed by atoms with Crippen LogP contribution >= 0.6 is 0 Å². The van der Waals surface area contributed by atoms with Gasteiger partial charge in [0.25, 0.3) is 5.91 Å². The molecule has 0 unspecified atom stereocenters. The number of benzene rings is 1. The SMILES string of the molecule is Cc1nn(C)cc1-c1cc(C(=O)N(C)CCOc2ccc(F)cc2)[nH]n1. The van der Waals surface area contributed by atoms with Crippen molar-refractivity contribution >= 4 is 5.91 Å². The summed E-state index contributed by atoms with van der Waals surface area (Å²) < 4.78 is 20.1. The molecule has 0 saturated carbocycles. The largest absolute Gasteiger partial charge is 0.492 e. The number of likely N-dealkylation sites (N-methyl/N-ethyl adjacent to an activating group) is 1. The second-order valence-corrected chi connectivity index (χ2v) is 6.00. The third-order valence-electron chi connectivity index (χ3n) is 3.95. The predicted molar refractivity (Wildman–Crippen MR) is 94.4 cm³/mol. The van der Waals surface area contributed by atoms with E-state index >= 15 is 0 Å². The van der Waals surface area contributed by atoms with Crippen molar-refractivity contribution in [3.05, 3.63) is 53.7 Å². The summed E-state index contributed by atoms with van der Waals surface area (Å²) in [4.78, 5) is 14.0. The third-order valence-corrected chi connectivity index (χ3v) is 3.95. The normalized spacial score (nSPS) is 10.8. The number of aromatic nitrogens is 4. The molecule has 2 heterocycles. The maximum atomic E-state index is 12.9. The van der Waals surface area contributed by atoms with Gasteiger partial charge in [0.2, 0.25) is 0 Å². The van der Waals surface area contributed by atoms with Gasteiger partial charge in [0.05, 0.1) is 17.9 Å². The fourth-order valence-corrected chi connectivity index (χ4v) is 2.56. The molecule has 3 rings (SSSR count). The van der Waals surface area contributed by atoms with Gasteiger partial charge >= 0.3 is 0 Å². The molecular weight excluding hydrogens is 337 g/mol. The second kappa shape index (κ2) is 7.38. The Kier molecular flexibility index (Phi) is 5.01. The standard InChI is InChI=1S/C18H20FN5O2/c1-12-15(11-24(3)22-12)16-10-17(21-20-16)18(25)23(2)8-9-26-14-6-4-13(19)5-7-14/h4-7,10-11H,8-9H2,1-3H3,(H,20,21). The number of amides is 1. The number of nitrogens with one attached hydrogen (secondary N) is 1. The van der Waals surface area contributed by atoms with E-state index < -0.39 is 0 Å². The first-order valence-corrected chi connectivity index (χ1v) is 8.14. The number of carbonyl (C=O) groups excluding carboxylic acids is 1. The summed E-state index contributed by atoms with van der Waals surface area (Å²) >= 11 is 0. The maximum Gasteiger partial charge on any atom is 0.271 e. The van der Waals surface area contributed by atoms with Crippen LogP contribution in [0.3, 0.4) is 0 Å². The van der Waals surface area contributed by atoms with E-state index in [4.69, 9.17) is 4.74 Å². The zero-order valence-corrected chi connectivity index (χ0v) is 14.9. The van der Waals surface area contributed by atoms with Crippen LogP contribution in [0.4, 0.5) is 4.39 Å². The van der Waals surface area contributed by atoms with E-state index in [9.17, 15) is 9.18 Å². The molecule has 3 aromatic rings. The molecule has 0 aliphatic rings. The minimum absolute atomic E-state index is 0.187. The van der Waals surface area contributed by atoms with Crippen LogP contribution in [-0.2, 0) is 7.05 Å². The minimum atomic E-state index is -0.316. The fourth-order valence-electron chi connectivity index (χ4n) is 2.56. The Morgan fingerprint density at radius 3 is 2.73 bits per heavy atom. The number of hydrogen-bond donors (Lipinski definition) is 1. The van der Waals surface area contributed by atoms with Gasteiger partial charge in [0.15, 0.2) is 0 Å². The summed E-state index contributed by atoms with van der Waals surface area (Å²) in [6.07, 6.45) is 1.86. The number of carbonyl (C=O) groups is 1. The predicted octanol–water partition coefficient (Wildman–Crippen LogP) is 2.41. The number of rotatable bonds is 6. The Bertz CT molecular complexity index is 901. The topological polar surface area (TPSA) is 76.0 Å². The van der Waals surface area contributed by atoms with Crippen LogP contribution in [0, 0.1) is 12.7 Å². The Morgan fingerprint density at radius 2 is 2.08 bits per heavy atom. The van der Waals surface area contributed by atoms with Crippen molar-refractivity contribution in [2.45, 2.75) is 6.92 Å². The van der Waals surface area contributed by atoms with E-state index in [1.54, 1.807) is 29.9 Å². The Balaban J connectivity index is 1.58. The van der Waals surface area contributed by atoms with Crippen molar-refractivity contribution < 1.29 is 13.9 Å². The average Bonchev–Trinajstić information content (AvgIpc) is 3.22. The number of halogens is 1. The van der Waals surface area contributed by atoms with E-state index in [-0.39, 0.29) is 11.7 Å². The minimum Gasteiger partial charge on any atom is -0.492 e. The lowest BCUT2D eigenvalue weighted by atomic mass is 10.2. The van der Waals surface area contributed by atoms with Crippen LogP contribution in [0.15, 0.2) is 36.5 Å². The van der Waals surface area contributed by atoms with Gasteiger partial charge in [-0.2, -0.15) is 10.2 Å². The molecule has 0 atom stereocenters. The first-order chi connectivity index (χ1) is 12.4. The van der Waals surface area contributed by atoms with Gasteiger partial charge in [-0.15, -0.1) is 0 Å². The highest BCUT2D eigenvalue weighted by Gasteiger charge is 2.17. The van der Waals surface area contributed by atoms with Crippen LogP contribution < -0.4 is 4.74 Å². The molecule has 1 N–H and O–H groups in total. The Labute approximate surface area is 150 Å². The molecule has 1 amide bonds. The lowest BCUT2D eigenvalue weighted by molar-refractivity contribution is 0.0768. The van der Waals surface area contributed by atoms with Gasteiger partial charge in [0.1, 0.15) is 23.9 Å². The molecule has 26 heavy (non-hydrogen) atoms. The van der Waals surface area contributed by atoms with E-state index in [0.717, 1.165) is 11.3 Å². The van der Waals surface area contributed by atoms with Gasteiger partial charge in [0, 0.05) is 25.9 Å². The number of aromatic amines is 1. The summed E-state index contributed by atoms with van der Waals surface area (Å²) in [6, 6.07) is 7.47. The number of H-pyrrole nitrogens is 1. The Hall–Kier alpha value is -3.16. The molecule has 8 heteroatoms. The zero-order valence-electron chi connectivity index (χ0n) is 14.9. The van der Waals surface area contributed by atoms with Crippen LogP contribution in [0.5, 0.6) is 5.75 Å². The molecular formula is C18H20FN5O2. The van der Waals surface area contributed by atoms with Crippen molar-refractivity contribution in [1.29, 1.82) is 0 Å². The number of hydrogen-bond acceptors (Lipinski definition) is 4. The molecule has 0 bridgehead atoms. The lowest BCUT2D eigenvalue weighted by Gasteiger charge is -2.16. The van der Waals surface area contributed by atoms with Crippen molar-refractivity contribution in [2.24, 2.45) is 7.05 Å². The van der Waals surface area contributed by atoms with Gasteiger partial charge < -0.3 is 9.64 Å². The quantitative estimate of drug-likeness (QED) is 0.735. The highest BCUT2D eigenvalue weighted by Crippen LogP contribution is 2.21. The molecule has 0 radical (unpaired) electrons. The molecule has 136 valence electrons. The molecule has 0 saturated heterocycles. The summed E-state index contributed by atoms with van der Waals surface area (Å²) in [5, 5.41) is 11.3. The van der Waals surface area contributed by atoms with Crippen LogP contribution in [0.2, 0.25) is 0 Å². The molecule has 0 aliphatic carbocycles. The van der Waals surface area contributed by atoms with Crippen LogP contribution in [0.25, 0.3) is 11.3 Å². The van der Waals surface area contributed by atoms with Crippen molar-refractivity contribution in [3.63, 3.8) is 0 Å². The zero-order chi connectivity index (χ0) is 18.7.